The minimum atomic E-state index is 0.0360. The van der Waals surface area contributed by atoms with E-state index in [-0.39, 0.29) is 12.6 Å². The van der Waals surface area contributed by atoms with E-state index in [1.807, 2.05) is 12.3 Å². The monoisotopic (exact) mass is 240 g/mol. The fourth-order valence-corrected chi connectivity index (χ4v) is 2.31. The van der Waals surface area contributed by atoms with Gasteiger partial charge in [-0.1, -0.05) is 13.8 Å². The van der Waals surface area contributed by atoms with E-state index in [1.54, 1.807) is 11.8 Å². The molecule has 0 radical (unpaired) electrons. The first-order valence-electron chi connectivity index (χ1n) is 5.66. The molecule has 0 aromatic carbocycles. The Bertz CT molecular complexity index is 302. The topological polar surface area (TPSA) is 59.1 Å². The summed E-state index contributed by atoms with van der Waals surface area (Å²) in [5, 5.41) is 9.23. The molecule has 0 saturated carbocycles. The molecule has 2 atom stereocenters. The van der Waals surface area contributed by atoms with Gasteiger partial charge in [-0.25, -0.2) is 0 Å². The molecule has 16 heavy (non-hydrogen) atoms. The molecule has 1 heterocycles. The summed E-state index contributed by atoms with van der Waals surface area (Å²) in [6.45, 7) is 4.39. The van der Waals surface area contributed by atoms with Gasteiger partial charge in [0, 0.05) is 29.0 Å². The Labute approximate surface area is 101 Å². The van der Waals surface area contributed by atoms with Gasteiger partial charge in [-0.3, -0.25) is 4.98 Å². The molecule has 0 amide bonds. The summed E-state index contributed by atoms with van der Waals surface area (Å²) in [4.78, 5) is 5.49. The molecule has 2 unspecified atom stereocenters. The number of aliphatic hydroxyl groups excluding tert-OH is 1. The molecule has 0 aliphatic heterocycles. The molecule has 0 aliphatic carbocycles. The summed E-state index contributed by atoms with van der Waals surface area (Å²) in [6, 6.07) is 4.08. The lowest BCUT2D eigenvalue weighted by Gasteiger charge is -2.11. The van der Waals surface area contributed by atoms with Crippen LogP contribution in [0.1, 0.15) is 38.4 Å². The number of aliphatic hydroxyl groups is 1. The van der Waals surface area contributed by atoms with Gasteiger partial charge in [0.25, 0.3) is 0 Å². The number of aromatic nitrogens is 1. The van der Waals surface area contributed by atoms with Gasteiger partial charge in [0.2, 0.25) is 0 Å². The number of nitrogens with zero attached hydrogens (tertiary/aromatic N) is 1. The maximum Gasteiger partial charge on any atom is 0.0571 e. The van der Waals surface area contributed by atoms with Gasteiger partial charge in [-0.2, -0.15) is 0 Å². The van der Waals surface area contributed by atoms with E-state index in [2.05, 4.69) is 24.9 Å². The van der Waals surface area contributed by atoms with Crippen molar-refractivity contribution in [2.75, 3.05) is 6.61 Å². The van der Waals surface area contributed by atoms with Gasteiger partial charge in [0.1, 0.15) is 0 Å². The molecule has 3 N–H and O–H groups in total. The van der Waals surface area contributed by atoms with Gasteiger partial charge in [0.05, 0.1) is 5.69 Å². The fourth-order valence-electron chi connectivity index (χ4n) is 1.36. The molecule has 1 aromatic rings. The van der Waals surface area contributed by atoms with Crippen LogP contribution in [0.25, 0.3) is 0 Å². The molecule has 1 rings (SSSR count). The lowest BCUT2D eigenvalue weighted by Crippen LogP contribution is -2.10. The van der Waals surface area contributed by atoms with Crippen LogP contribution in [0, 0.1) is 0 Å². The summed E-state index contributed by atoms with van der Waals surface area (Å²) in [5.41, 5.74) is 6.84. The Morgan fingerprint density at radius 3 is 2.75 bits per heavy atom. The molecular formula is C12H20N2OS. The van der Waals surface area contributed by atoms with Crippen molar-refractivity contribution in [3.63, 3.8) is 0 Å². The molecule has 4 heteroatoms. The van der Waals surface area contributed by atoms with Crippen molar-refractivity contribution in [1.29, 1.82) is 0 Å². The van der Waals surface area contributed by atoms with Gasteiger partial charge in [0.15, 0.2) is 0 Å². The van der Waals surface area contributed by atoms with Crippen molar-refractivity contribution >= 4 is 11.8 Å². The minimum Gasteiger partial charge on any atom is -0.396 e. The third-order valence-corrected chi connectivity index (χ3v) is 3.60. The predicted octanol–water partition coefficient (Wildman–Crippen LogP) is 2.35. The van der Waals surface area contributed by atoms with Crippen molar-refractivity contribution in [3.05, 3.63) is 24.0 Å². The number of hydrogen-bond acceptors (Lipinski definition) is 4. The summed E-state index contributed by atoms with van der Waals surface area (Å²) in [7, 11) is 0. The number of hydrogen-bond donors (Lipinski definition) is 2. The van der Waals surface area contributed by atoms with E-state index in [0.717, 1.165) is 23.4 Å². The molecule has 0 fully saturated rings. The van der Waals surface area contributed by atoms with Gasteiger partial charge in [-0.05, 0) is 25.0 Å². The first-order chi connectivity index (χ1) is 7.67. The zero-order valence-electron chi connectivity index (χ0n) is 9.89. The van der Waals surface area contributed by atoms with Crippen LogP contribution in [0.4, 0.5) is 0 Å². The molecule has 0 bridgehead atoms. The maximum atomic E-state index is 8.82. The molecule has 3 nitrogen and oxygen atoms in total. The highest BCUT2D eigenvalue weighted by atomic mass is 32.2. The Morgan fingerprint density at radius 1 is 1.50 bits per heavy atom. The highest BCUT2D eigenvalue weighted by molar-refractivity contribution is 7.99. The first-order valence-corrected chi connectivity index (χ1v) is 6.54. The lowest BCUT2D eigenvalue weighted by molar-refractivity contribution is 0.289. The van der Waals surface area contributed by atoms with E-state index in [1.165, 1.54) is 0 Å². The third-order valence-electron chi connectivity index (χ3n) is 2.45. The number of rotatable bonds is 6. The number of thioether (sulfide) groups is 1. The second-order valence-electron chi connectivity index (χ2n) is 3.87. The highest BCUT2D eigenvalue weighted by Crippen LogP contribution is 2.25. The summed E-state index contributed by atoms with van der Waals surface area (Å²) < 4.78 is 0. The van der Waals surface area contributed by atoms with Crippen LogP contribution in [0.5, 0.6) is 0 Å². The second-order valence-corrected chi connectivity index (χ2v) is 5.39. The standard InChI is InChI=1S/C12H20N2OS/c1-3-11(13)12-5-4-10(8-14-12)16-9(2)6-7-15/h4-5,8-9,11,15H,3,6-7,13H2,1-2H3. The van der Waals surface area contributed by atoms with Crippen LogP contribution in [0.15, 0.2) is 23.2 Å². The van der Waals surface area contributed by atoms with Crippen LogP contribution < -0.4 is 5.73 Å². The zero-order valence-corrected chi connectivity index (χ0v) is 10.7. The molecule has 90 valence electrons. The number of pyridine rings is 1. The Morgan fingerprint density at radius 2 is 2.25 bits per heavy atom. The maximum absolute atomic E-state index is 8.82. The quantitative estimate of drug-likeness (QED) is 0.749. The second kappa shape index (κ2) is 6.89. The zero-order chi connectivity index (χ0) is 12.0. The van der Waals surface area contributed by atoms with E-state index in [9.17, 15) is 0 Å². The largest absolute Gasteiger partial charge is 0.396 e. The Balaban J connectivity index is 2.57. The molecule has 0 spiro atoms. The highest BCUT2D eigenvalue weighted by Gasteiger charge is 2.07. The summed E-state index contributed by atoms with van der Waals surface area (Å²) >= 11 is 1.73. The Kier molecular flexibility index (Phi) is 5.80. The molecule has 1 aromatic heterocycles. The minimum absolute atomic E-state index is 0.0360. The van der Waals surface area contributed by atoms with E-state index < -0.39 is 0 Å². The van der Waals surface area contributed by atoms with Crippen LogP contribution in [-0.2, 0) is 0 Å². The molecular weight excluding hydrogens is 220 g/mol. The van der Waals surface area contributed by atoms with E-state index in [4.69, 9.17) is 10.8 Å². The third kappa shape index (κ3) is 4.12. The van der Waals surface area contributed by atoms with Gasteiger partial charge in [-0.15, -0.1) is 11.8 Å². The smallest absolute Gasteiger partial charge is 0.0571 e. The van der Waals surface area contributed by atoms with E-state index in [0.29, 0.717) is 5.25 Å². The lowest BCUT2D eigenvalue weighted by atomic mass is 10.1. The summed E-state index contributed by atoms with van der Waals surface area (Å²) in [5.74, 6) is 0. The van der Waals surface area contributed by atoms with Crippen LogP contribution in [0.2, 0.25) is 0 Å². The van der Waals surface area contributed by atoms with E-state index >= 15 is 0 Å². The summed E-state index contributed by atoms with van der Waals surface area (Å²) in [6.07, 6.45) is 3.57. The molecule has 0 aliphatic rings. The van der Waals surface area contributed by atoms with Crippen molar-refractivity contribution in [2.45, 2.75) is 42.9 Å². The fraction of sp³-hybridized carbons (Fsp3) is 0.583. The number of nitrogens with two attached hydrogens (primary N) is 1. The normalized spacial score (nSPS) is 14.8. The molecule has 0 saturated heterocycles. The first kappa shape index (κ1) is 13.5. The Hall–Kier alpha value is -0.580. The van der Waals surface area contributed by atoms with Crippen molar-refractivity contribution in [1.82, 2.24) is 4.98 Å². The van der Waals surface area contributed by atoms with Crippen molar-refractivity contribution in [2.24, 2.45) is 5.73 Å². The van der Waals surface area contributed by atoms with Crippen molar-refractivity contribution in [3.8, 4) is 0 Å². The SMILES string of the molecule is CCC(N)c1ccc(SC(C)CCO)cn1. The predicted molar refractivity (Wildman–Crippen MR) is 68.5 cm³/mol. The van der Waals surface area contributed by atoms with Crippen LogP contribution >= 0.6 is 11.8 Å². The van der Waals surface area contributed by atoms with Gasteiger partial charge >= 0.3 is 0 Å². The van der Waals surface area contributed by atoms with Crippen molar-refractivity contribution < 1.29 is 5.11 Å². The van der Waals surface area contributed by atoms with Crippen LogP contribution in [-0.4, -0.2) is 21.9 Å². The van der Waals surface area contributed by atoms with Gasteiger partial charge < -0.3 is 10.8 Å². The van der Waals surface area contributed by atoms with Crippen LogP contribution in [0.3, 0.4) is 0 Å². The average Bonchev–Trinajstić information content (AvgIpc) is 2.29. The average molecular weight is 240 g/mol.